The predicted molar refractivity (Wildman–Crippen MR) is 61.2 cm³/mol. The summed E-state index contributed by atoms with van der Waals surface area (Å²) in [6.45, 7) is 4.02. The molecule has 2 rings (SSSR count). The highest BCUT2D eigenvalue weighted by atomic mass is 16.5. The van der Waals surface area contributed by atoms with Gasteiger partial charge in [-0.25, -0.2) is 0 Å². The second kappa shape index (κ2) is 7.75. The van der Waals surface area contributed by atoms with Gasteiger partial charge in [0, 0.05) is 13.1 Å². The normalized spacial score (nSPS) is 15.7. The summed E-state index contributed by atoms with van der Waals surface area (Å²) in [4.78, 5) is 2.27. The van der Waals surface area contributed by atoms with Crippen LogP contribution >= 0.6 is 0 Å². The van der Waals surface area contributed by atoms with Crippen LogP contribution in [0.4, 0.5) is 0 Å². The molecule has 0 aromatic carbocycles. The van der Waals surface area contributed by atoms with Gasteiger partial charge in [0.15, 0.2) is 0 Å². The second-order valence-electron chi connectivity index (χ2n) is 3.43. The molecule has 1 aromatic heterocycles. The Balaban J connectivity index is 0.000000181. The van der Waals surface area contributed by atoms with Crippen LogP contribution in [0.5, 0.6) is 11.8 Å². The van der Waals surface area contributed by atoms with Gasteiger partial charge < -0.3 is 19.1 Å². The van der Waals surface area contributed by atoms with Crippen molar-refractivity contribution in [2.24, 2.45) is 0 Å². The minimum Gasteiger partial charge on any atom is -0.480 e. The summed E-state index contributed by atoms with van der Waals surface area (Å²) in [5.41, 5.74) is 0. The van der Waals surface area contributed by atoms with Gasteiger partial charge in [-0.1, -0.05) is 10.2 Å². The van der Waals surface area contributed by atoms with Crippen molar-refractivity contribution in [3.63, 3.8) is 0 Å². The maximum atomic E-state index is 5.10. The zero-order valence-corrected chi connectivity index (χ0v) is 10.4. The minimum atomic E-state index is 0.395. The molecule has 0 radical (unpaired) electrons. The van der Waals surface area contributed by atoms with E-state index in [2.05, 4.69) is 27.4 Å². The molecule has 96 valence electrons. The van der Waals surface area contributed by atoms with Gasteiger partial charge >= 0.3 is 0 Å². The van der Waals surface area contributed by atoms with Gasteiger partial charge in [-0.15, -0.1) is 0 Å². The topological polar surface area (TPSA) is 69.6 Å². The first-order valence-corrected chi connectivity index (χ1v) is 5.31. The van der Waals surface area contributed by atoms with Crippen molar-refractivity contribution in [1.29, 1.82) is 0 Å². The summed E-state index contributed by atoms with van der Waals surface area (Å²) in [7, 11) is 5.12. The molecule has 2 heterocycles. The molecule has 7 nitrogen and oxygen atoms in total. The van der Waals surface area contributed by atoms with Crippen LogP contribution in [0.3, 0.4) is 0 Å². The Morgan fingerprint density at radius 2 is 1.65 bits per heavy atom. The third kappa shape index (κ3) is 5.41. The van der Waals surface area contributed by atoms with Crippen molar-refractivity contribution in [1.82, 2.24) is 20.3 Å². The number of nitrogens with zero attached hydrogens (tertiary/aromatic N) is 4. The molecular formula is C10H18N4O3. The fourth-order valence-electron chi connectivity index (χ4n) is 1.13. The van der Waals surface area contributed by atoms with Gasteiger partial charge in [0.05, 0.1) is 33.5 Å². The van der Waals surface area contributed by atoms with E-state index in [9.17, 15) is 0 Å². The maximum Gasteiger partial charge on any atom is 0.240 e. The number of methoxy groups -OCH3 is 2. The largest absolute Gasteiger partial charge is 0.480 e. The molecule has 0 aliphatic carbocycles. The first kappa shape index (κ1) is 13.6. The molecule has 1 saturated heterocycles. The highest BCUT2D eigenvalue weighted by Crippen LogP contribution is 2.09. The van der Waals surface area contributed by atoms with Crippen molar-refractivity contribution in [3.05, 3.63) is 6.07 Å². The molecule has 0 atom stereocenters. The number of hydrogen-bond donors (Lipinski definition) is 0. The number of hydrogen-bond acceptors (Lipinski definition) is 7. The average Bonchev–Trinajstić information content (AvgIpc) is 2.40. The lowest BCUT2D eigenvalue weighted by molar-refractivity contribution is 0.0503. The fourth-order valence-corrected chi connectivity index (χ4v) is 1.13. The van der Waals surface area contributed by atoms with Crippen molar-refractivity contribution in [3.8, 4) is 11.8 Å². The van der Waals surface area contributed by atoms with Crippen LogP contribution in [0, 0.1) is 0 Å². The van der Waals surface area contributed by atoms with Crippen LogP contribution in [-0.2, 0) is 4.74 Å². The summed E-state index contributed by atoms with van der Waals surface area (Å²) < 4.78 is 14.6. The zero-order valence-electron chi connectivity index (χ0n) is 10.4. The van der Waals surface area contributed by atoms with Crippen molar-refractivity contribution >= 4 is 0 Å². The van der Waals surface area contributed by atoms with E-state index in [-0.39, 0.29) is 0 Å². The lowest BCUT2D eigenvalue weighted by Gasteiger charge is -2.21. The average molecular weight is 242 g/mol. The van der Waals surface area contributed by atoms with Gasteiger partial charge in [-0.2, -0.15) is 0 Å². The SMILES string of the molecule is CN1CCOCC1.COc1cc(OC)nnn1. The van der Waals surface area contributed by atoms with E-state index in [1.165, 1.54) is 14.2 Å². The molecule has 0 bridgehead atoms. The Bertz CT molecular complexity index is 299. The monoisotopic (exact) mass is 242 g/mol. The van der Waals surface area contributed by atoms with Crippen molar-refractivity contribution < 1.29 is 14.2 Å². The van der Waals surface area contributed by atoms with Gasteiger partial charge in [0.25, 0.3) is 0 Å². The highest BCUT2D eigenvalue weighted by Gasteiger charge is 2.02. The Labute approximate surface area is 101 Å². The molecule has 0 spiro atoms. The van der Waals surface area contributed by atoms with Crippen molar-refractivity contribution in [2.45, 2.75) is 0 Å². The van der Waals surface area contributed by atoms with Crippen LogP contribution in [0.1, 0.15) is 0 Å². The van der Waals surface area contributed by atoms with E-state index in [1.54, 1.807) is 6.07 Å². The maximum absolute atomic E-state index is 5.10. The molecule has 0 amide bonds. The molecular weight excluding hydrogens is 224 g/mol. The van der Waals surface area contributed by atoms with Crippen molar-refractivity contribution in [2.75, 3.05) is 47.6 Å². The quantitative estimate of drug-likeness (QED) is 0.713. The Kier molecular flexibility index (Phi) is 6.19. The lowest BCUT2D eigenvalue weighted by atomic mass is 10.5. The summed E-state index contributed by atoms with van der Waals surface area (Å²) in [6.07, 6.45) is 0. The van der Waals surface area contributed by atoms with Crippen LogP contribution in [0.15, 0.2) is 6.07 Å². The molecule has 0 saturated carbocycles. The van der Waals surface area contributed by atoms with Crippen LogP contribution in [0.25, 0.3) is 0 Å². The van der Waals surface area contributed by atoms with Crippen LogP contribution in [0.2, 0.25) is 0 Å². The first-order chi connectivity index (χ1) is 8.26. The Morgan fingerprint density at radius 3 is 2.00 bits per heavy atom. The number of ether oxygens (including phenoxy) is 3. The lowest BCUT2D eigenvalue weighted by Crippen LogP contribution is -2.32. The zero-order chi connectivity index (χ0) is 12.5. The van der Waals surface area contributed by atoms with Gasteiger partial charge in [-0.05, 0) is 12.3 Å². The third-order valence-corrected chi connectivity index (χ3v) is 2.19. The van der Waals surface area contributed by atoms with E-state index in [4.69, 9.17) is 14.2 Å². The van der Waals surface area contributed by atoms with E-state index in [0.717, 1.165) is 26.3 Å². The molecule has 17 heavy (non-hydrogen) atoms. The van der Waals surface area contributed by atoms with Gasteiger partial charge in [0.2, 0.25) is 11.8 Å². The van der Waals surface area contributed by atoms with E-state index in [0.29, 0.717) is 11.8 Å². The highest BCUT2D eigenvalue weighted by molar-refractivity contribution is 5.15. The van der Waals surface area contributed by atoms with E-state index >= 15 is 0 Å². The smallest absolute Gasteiger partial charge is 0.240 e. The fraction of sp³-hybridized carbons (Fsp3) is 0.700. The van der Waals surface area contributed by atoms with Gasteiger partial charge in [0.1, 0.15) is 0 Å². The van der Waals surface area contributed by atoms with E-state index in [1.807, 2.05) is 0 Å². The summed E-state index contributed by atoms with van der Waals surface area (Å²) in [6, 6.07) is 1.55. The standard InChI is InChI=1S/C5H7N3O2.C5H11NO/c1-9-4-3-5(10-2)7-8-6-4;1-6-2-4-7-5-3-6/h3H,1-2H3;2-5H2,1H3. The van der Waals surface area contributed by atoms with Gasteiger partial charge in [-0.3, -0.25) is 0 Å². The second-order valence-corrected chi connectivity index (χ2v) is 3.43. The number of rotatable bonds is 2. The number of likely N-dealkylation sites (N-methyl/N-ethyl adjacent to an activating group) is 1. The minimum absolute atomic E-state index is 0.395. The number of morpholine rings is 1. The molecule has 7 heteroatoms. The third-order valence-electron chi connectivity index (χ3n) is 2.19. The first-order valence-electron chi connectivity index (χ1n) is 5.31. The predicted octanol–water partition coefficient (Wildman–Crippen LogP) is -0.163. The molecule has 0 unspecified atom stereocenters. The summed E-state index contributed by atoms with van der Waals surface area (Å²) in [5, 5.41) is 10.5. The van der Waals surface area contributed by atoms with E-state index < -0.39 is 0 Å². The molecule has 0 N–H and O–H groups in total. The summed E-state index contributed by atoms with van der Waals surface area (Å²) >= 11 is 0. The number of aromatic nitrogens is 3. The molecule has 1 aliphatic rings. The van der Waals surface area contributed by atoms with Crippen LogP contribution < -0.4 is 9.47 Å². The molecule has 1 aromatic rings. The summed E-state index contributed by atoms with van der Waals surface area (Å²) in [5.74, 6) is 0.790. The van der Waals surface area contributed by atoms with Crippen LogP contribution in [-0.4, -0.2) is 67.9 Å². The Morgan fingerprint density at radius 1 is 1.12 bits per heavy atom. The Hall–Kier alpha value is -1.47. The molecule has 1 fully saturated rings. The molecule has 1 aliphatic heterocycles.